The highest BCUT2D eigenvalue weighted by molar-refractivity contribution is 7.92. The maximum Gasteiger partial charge on any atom is 0.336 e. The summed E-state index contributed by atoms with van der Waals surface area (Å²) in [6.45, 7) is 1.74. The second-order valence-corrected chi connectivity index (χ2v) is 5.40. The van der Waals surface area contributed by atoms with Gasteiger partial charge < -0.3 is 5.11 Å². The van der Waals surface area contributed by atoms with Crippen LogP contribution in [-0.2, 0) is 14.6 Å². The van der Waals surface area contributed by atoms with Crippen LogP contribution in [0.3, 0.4) is 0 Å². The Morgan fingerprint density at radius 3 is 2.50 bits per heavy atom. The molecule has 0 heterocycles. The van der Waals surface area contributed by atoms with Gasteiger partial charge in [-0.2, -0.15) is 0 Å². The monoisotopic (exact) mass is 243 g/mol. The third kappa shape index (κ3) is 2.40. The number of likely N-dealkylation sites (N-methyl/N-ethyl adjacent to an activating group) is 1. The van der Waals surface area contributed by atoms with Crippen molar-refractivity contribution in [1.82, 2.24) is 5.32 Å². The number of aryl methyl sites for hydroxylation is 1. The highest BCUT2D eigenvalue weighted by Gasteiger charge is 2.32. The minimum Gasteiger partial charge on any atom is -0.479 e. The van der Waals surface area contributed by atoms with E-state index in [1.165, 1.54) is 19.2 Å². The van der Waals surface area contributed by atoms with Crippen molar-refractivity contribution >= 4 is 15.8 Å². The molecule has 1 atom stereocenters. The molecule has 0 saturated carbocycles. The first-order valence-corrected chi connectivity index (χ1v) is 6.15. The summed E-state index contributed by atoms with van der Waals surface area (Å²) >= 11 is 0. The van der Waals surface area contributed by atoms with Gasteiger partial charge in [0, 0.05) is 0 Å². The molecule has 0 aliphatic heterocycles. The molecule has 16 heavy (non-hydrogen) atoms. The van der Waals surface area contributed by atoms with E-state index < -0.39 is 21.2 Å². The molecule has 0 spiro atoms. The number of benzene rings is 1. The molecule has 6 heteroatoms. The molecule has 0 saturated heterocycles. The van der Waals surface area contributed by atoms with Gasteiger partial charge in [0.15, 0.2) is 0 Å². The Labute approximate surface area is 94.0 Å². The average molecular weight is 243 g/mol. The van der Waals surface area contributed by atoms with Crippen molar-refractivity contribution in [2.75, 3.05) is 7.05 Å². The van der Waals surface area contributed by atoms with Crippen molar-refractivity contribution < 1.29 is 18.3 Å². The Morgan fingerprint density at radius 1 is 1.44 bits per heavy atom. The van der Waals surface area contributed by atoms with E-state index in [-0.39, 0.29) is 4.90 Å². The normalized spacial score (nSPS) is 13.4. The zero-order chi connectivity index (χ0) is 12.3. The second kappa shape index (κ2) is 4.63. The zero-order valence-corrected chi connectivity index (χ0v) is 9.78. The average Bonchev–Trinajstić information content (AvgIpc) is 2.17. The zero-order valence-electron chi connectivity index (χ0n) is 8.97. The quantitative estimate of drug-likeness (QED) is 0.799. The molecule has 0 aromatic heterocycles. The lowest BCUT2D eigenvalue weighted by Crippen LogP contribution is -2.41. The van der Waals surface area contributed by atoms with Gasteiger partial charge in [-0.1, -0.05) is 12.1 Å². The summed E-state index contributed by atoms with van der Waals surface area (Å²) in [4.78, 5) is 10.8. The molecule has 1 aromatic rings. The van der Waals surface area contributed by atoms with Gasteiger partial charge >= 0.3 is 5.97 Å². The molecule has 2 N–H and O–H groups in total. The van der Waals surface area contributed by atoms with Crippen LogP contribution in [0.15, 0.2) is 29.2 Å². The van der Waals surface area contributed by atoms with Crippen LogP contribution in [0.4, 0.5) is 0 Å². The van der Waals surface area contributed by atoms with Crippen molar-refractivity contribution in [3.8, 4) is 0 Å². The first kappa shape index (κ1) is 12.7. The van der Waals surface area contributed by atoms with Crippen molar-refractivity contribution in [2.24, 2.45) is 0 Å². The number of hydrogen-bond acceptors (Lipinski definition) is 4. The largest absolute Gasteiger partial charge is 0.479 e. The summed E-state index contributed by atoms with van der Waals surface area (Å²) in [5.74, 6) is -1.41. The number of hydrogen-bond donors (Lipinski definition) is 2. The van der Waals surface area contributed by atoms with E-state index in [1.807, 2.05) is 0 Å². The molecule has 0 aliphatic rings. The minimum absolute atomic E-state index is 0.00856. The minimum atomic E-state index is -3.88. The van der Waals surface area contributed by atoms with E-state index in [1.54, 1.807) is 19.1 Å². The van der Waals surface area contributed by atoms with Gasteiger partial charge in [-0.25, -0.2) is 13.2 Å². The molecule has 0 aliphatic carbocycles. The third-order valence-electron chi connectivity index (χ3n) is 2.11. The Hall–Kier alpha value is -1.40. The lowest BCUT2D eigenvalue weighted by Gasteiger charge is -2.12. The van der Waals surface area contributed by atoms with E-state index in [2.05, 4.69) is 5.32 Å². The summed E-state index contributed by atoms with van der Waals surface area (Å²) in [6.07, 6.45) is 0. The summed E-state index contributed by atoms with van der Waals surface area (Å²) in [5.41, 5.74) is 0.765. The number of rotatable bonds is 4. The first-order chi connectivity index (χ1) is 7.39. The van der Waals surface area contributed by atoms with E-state index in [0.29, 0.717) is 0 Å². The van der Waals surface area contributed by atoms with Crippen LogP contribution in [0.1, 0.15) is 5.56 Å². The summed E-state index contributed by atoms with van der Waals surface area (Å²) in [5, 5.41) is 9.45. The topological polar surface area (TPSA) is 83.5 Å². The molecule has 0 radical (unpaired) electrons. The summed E-state index contributed by atoms with van der Waals surface area (Å²) < 4.78 is 23.8. The van der Waals surface area contributed by atoms with E-state index in [0.717, 1.165) is 5.56 Å². The first-order valence-electron chi connectivity index (χ1n) is 4.60. The van der Waals surface area contributed by atoms with Crippen LogP contribution in [0.5, 0.6) is 0 Å². The van der Waals surface area contributed by atoms with E-state index in [4.69, 9.17) is 5.11 Å². The standard InChI is InChI=1S/C10H13NO4S/c1-7-4-3-5-8(6-7)16(14,15)9(11-2)10(12)13/h3-6,9,11H,1-2H3,(H,12,13). The molecular weight excluding hydrogens is 230 g/mol. The molecular formula is C10H13NO4S. The highest BCUT2D eigenvalue weighted by atomic mass is 32.2. The maximum absolute atomic E-state index is 11.9. The fourth-order valence-electron chi connectivity index (χ4n) is 1.34. The Kier molecular flexibility index (Phi) is 3.66. The van der Waals surface area contributed by atoms with E-state index in [9.17, 15) is 13.2 Å². The van der Waals surface area contributed by atoms with Gasteiger partial charge in [0.25, 0.3) is 0 Å². The van der Waals surface area contributed by atoms with E-state index >= 15 is 0 Å². The lowest BCUT2D eigenvalue weighted by molar-refractivity contribution is -0.137. The molecule has 1 rings (SSSR count). The number of carboxylic acids is 1. The van der Waals surface area contributed by atoms with Crippen LogP contribution in [0, 0.1) is 6.92 Å². The number of carboxylic acid groups (broad SMARTS) is 1. The molecule has 0 amide bonds. The van der Waals surface area contributed by atoms with Gasteiger partial charge in [-0.3, -0.25) is 5.32 Å². The Morgan fingerprint density at radius 2 is 2.06 bits per heavy atom. The fourth-order valence-corrected chi connectivity index (χ4v) is 2.81. The Bertz CT molecular complexity index is 495. The van der Waals surface area contributed by atoms with Crippen molar-refractivity contribution in [3.63, 3.8) is 0 Å². The number of nitrogens with one attached hydrogen (secondary N) is 1. The van der Waals surface area contributed by atoms with Gasteiger partial charge in [0.05, 0.1) is 4.90 Å². The SMILES string of the molecule is CNC(C(=O)O)S(=O)(=O)c1cccc(C)c1. The third-order valence-corrected chi connectivity index (χ3v) is 4.08. The van der Waals surface area contributed by atoms with Crippen LogP contribution in [0.25, 0.3) is 0 Å². The van der Waals surface area contributed by atoms with Gasteiger partial charge in [-0.05, 0) is 31.7 Å². The van der Waals surface area contributed by atoms with Crippen molar-refractivity contribution in [1.29, 1.82) is 0 Å². The van der Waals surface area contributed by atoms with Gasteiger partial charge in [-0.15, -0.1) is 0 Å². The van der Waals surface area contributed by atoms with Crippen LogP contribution < -0.4 is 5.32 Å². The number of carbonyl (C=O) groups is 1. The predicted molar refractivity (Wildman–Crippen MR) is 58.8 cm³/mol. The molecule has 1 unspecified atom stereocenters. The van der Waals surface area contributed by atoms with Gasteiger partial charge in [0.1, 0.15) is 0 Å². The summed E-state index contributed by atoms with van der Waals surface area (Å²) in [7, 11) is -2.59. The maximum atomic E-state index is 11.9. The smallest absolute Gasteiger partial charge is 0.336 e. The van der Waals surface area contributed by atoms with Crippen LogP contribution in [-0.4, -0.2) is 31.9 Å². The van der Waals surface area contributed by atoms with Crippen molar-refractivity contribution in [2.45, 2.75) is 17.2 Å². The predicted octanol–water partition coefficient (Wildman–Crippen LogP) is 0.399. The van der Waals surface area contributed by atoms with Crippen molar-refractivity contribution in [3.05, 3.63) is 29.8 Å². The molecule has 0 bridgehead atoms. The molecule has 88 valence electrons. The molecule has 0 fully saturated rings. The lowest BCUT2D eigenvalue weighted by atomic mass is 10.2. The van der Waals surface area contributed by atoms with Crippen LogP contribution in [0.2, 0.25) is 0 Å². The number of sulfone groups is 1. The van der Waals surface area contributed by atoms with Crippen LogP contribution >= 0.6 is 0 Å². The summed E-state index contributed by atoms with van der Waals surface area (Å²) in [6, 6.07) is 6.16. The number of aliphatic carboxylic acids is 1. The fraction of sp³-hybridized carbons (Fsp3) is 0.300. The molecule has 1 aromatic carbocycles. The Balaban J connectivity index is 3.25. The highest BCUT2D eigenvalue weighted by Crippen LogP contribution is 2.16. The molecule has 5 nitrogen and oxygen atoms in total. The second-order valence-electron chi connectivity index (χ2n) is 3.37. The van der Waals surface area contributed by atoms with Gasteiger partial charge in [0.2, 0.25) is 15.2 Å².